The molecule has 0 bridgehead atoms. The van der Waals surface area contributed by atoms with Gasteiger partial charge in [0.2, 0.25) is 5.75 Å². The van der Waals surface area contributed by atoms with Crippen LogP contribution >= 0.6 is 15.9 Å². The zero-order valence-corrected chi connectivity index (χ0v) is 9.34. The third-order valence-electron chi connectivity index (χ3n) is 1.63. The molecule has 0 aliphatic heterocycles. The van der Waals surface area contributed by atoms with Crippen LogP contribution in [-0.2, 0) is 0 Å². The number of methoxy groups -OCH3 is 3. The summed E-state index contributed by atoms with van der Waals surface area (Å²) in [6.45, 7) is 0. The molecule has 1 rings (SSSR count). The van der Waals surface area contributed by atoms with Gasteiger partial charge in [-0.25, -0.2) is 0 Å². The fourth-order valence-electron chi connectivity index (χ4n) is 1.05. The standard InChI is InChI=1S/C9H11BrO3.2Mg.4H/c1-11-7-4-6(10)5-8(12-2)9(7)13-3;;;;;;/h4-5H,1-3H3;;;;;;. The molecule has 0 fully saturated rings. The predicted octanol–water partition coefficient (Wildman–Crippen LogP) is 0.642. The highest BCUT2D eigenvalue weighted by atomic mass is 79.9. The summed E-state index contributed by atoms with van der Waals surface area (Å²) in [4.78, 5) is 0. The molecule has 0 saturated heterocycles. The molecule has 1 aromatic rings. The van der Waals surface area contributed by atoms with Gasteiger partial charge in [-0.05, 0) is 12.1 Å². The second-order valence-electron chi connectivity index (χ2n) is 2.34. The Kier molecular flexibility index (Phi) is 10.5. The third kappa shape index (κ3) is 4.56. The quantitative estimate of drug-likeness (QED) is 0.767. The first-order chi connectivity index (χ1) is 6.22. The van der Waals surface area contributed by atoms with Crippen molar-refractivity contribution < 1.29 is 14.2 Å². The number of hydrogen-bond donors (Lipinski definition) is 0. The lowest BCUT2D eigenvalue weighted by Crippen LogP contribution is -1.94. The monoisotopic (exact) mass is 298 g/mol. The molecule has 6 heteroatoms. The Morgan fingerprint density at radius 3 is 1.53 bits per heavy atom. The van der Waals surface area contributed by atoms with Crippen molar-refractivity contribution in [3.63, 3.8) is 0 Å². The van der Waals surface area contributed by atoms with Crippen LogP contribution in [0, 0.1) is 0 Å². The van der Waals surface area contributed by atoms with E-state index in [1.807, 2.05) is 12.1 Å². The maximum absolute atomic E-state index is 5.14. The summed E-state index contributed by atoms with van der Waals surface area (Å²) in [5.74, 6) is 1.90. The van der Waals surface area contributed by atoms with Gasteiger partial charge in [0, 0.05) is 4.47 Å². The van der Waals surface area contributed by atoms with E-state index in [4.69, 9.17) is 14.2 Å². The van der Waals surface area contributed by atoms with Crippen molar-refractivity contribution in [2.75, 3.05) is 21.3 Å². The van der Waals surface area contributed by atoms with E-state index in [2.05, 4.69) is 15.9 Å². The summed E-state index contributed by atoms with van der Waals surface area (Å²) < 4.78 is 16.3. The molecule has 80 valence electrons. The van der Waals surface area contributed by atoms with Crippen LogP contribution in [0.2, 0.25) is 0 Å². The third-order valence-corrected chi connectivity index (χ3v) is 2.09. The second kappa shape index (κ2) is 8.75. The topological polar surface area (TPSA) is 27.7 Å². The first-order valence-electron chi connectivity index (χ1n) is 3.68. The van der Waals surface area contributed by atoms with Crippen LogP contribution in [-0.4, -0.2) is 67.4 Å². The van der Waals surface area contributed by atoms with Gasteiger partial charge in [0.15, 0.2) is 11.5 Å². The molecule has 0 heterocycles. The highest BCUT2D eigenvalue weighted by molar-refractivity contribution is 9.10. The van der Waals surface area contributed by atoms with E-state index in [9.17, 15) is 0 Å². The van der Waals surface area contributed by atoms with Crippen LogP contribution < -0.4 is 14.2 Å². The van der Waals surface area contributed by atoms with Crippen LogP contribution in [0.5, 0.6) is 17.2 Å². The molecular weight excluding hydrogens is 285 g/mol. The molecule has 15 heavy (non-hydrogen) atoms. The molecule has 0 radical (unpaired) electrons. The Labute approximate surface area is 130 Å². The Morgan fingerprint density at radius 2 is 1.27 bits per heavy atom. The Hall–Kier alpha value is 0.632. The second-order valence-corrected chi connectivity index (χ2v) is 3.26. The Morgan fingerprint density at radius 1 is 0.867 bits per heavy atom. The maximum atomic E-state index is 5.14. The van der Waals surface area contributed by atoms with E-state index in [1.165, 1.54) is 0 Å². The SMILES string of the molecule is COc1cc(Br)cc(OC)c1OC.[MgH2].[MgH2]. The van der Waals surface area contributed by atoms with Crippen molar-refractivity contribution in [1.82, 2.24) is 0 Å². The van der Waals surface area contributed by atoms with Crippen molar-refractivity contribution in [2.45, 2.75) is 0 Å². The largest absolute Gasteiger partial charge is 0.493 e. The molecule has 0 aromatic heterocycles. The first-order valence-corrected chi connectivity index (χ1v) is 4.47. The minimum Gasteiger partial charge on any atom is -0.493 e. The summed E-state index contributed by atoms with van der Waals surface area (Å²) in [7, 11) is 4.75. The van der Waals surface area contributed by atoms with Gasteiger partial charge in [-0.1, -0.05) is 15.9 Å². The van der Waals surface area contributed by atoms with E-state index < -0.39 is 0 Å². The van der Waals surface area contributed by atoms with Gasteiger partial charge >= 0.3 is 46.1 Å². The summed E-state index contributed by atoms with van der Waals surface area (Å²) in [6, 6.07) is 3.64. The number of benzene rings is 1. The first kappa shape index (κ1) is 18.0. The van der Waals surface area contributed by atoms with Crippen molar-refractivity contribution in [1.29, 1.82) is 0 Å². The predicted molar refractivity (Wildman–Crippen MR) is 70.9 cm³/mol. The summed E-state index contributed by atoms with van der Waals surface area (Å²) >= 11 is 3.34. The van der Waals surface area contributed by atoms with Gasteiger partial charge in [0.25, 0.3) is 0 Å². The van der Waals surface area contributed by atoms with Gasteiger partial charge in [-0.15, -0.1) is 0 Å². The molecule has 0 N–H and O–H groups in total. The fourth-order valence-corrected chi connectivity index (χ4v) is 1.46. The maximum Gasteiger partial charge on any atom is 0.316 e. The minimum atomic E-state index is 0. The van der Waals surface area contributed by atoms with E-state index >= 15 is 0 Å². The van der Waals surface area contributed by atoms with E-state index in [-0.39, 0.29) is 46.1 Å². The highest BCUT2D eigenvalue weighted by Gasteiger charge is 2.11. The molecule has 0 aliphatic carbocycles. The average molecular weight is 300 g/mol. The molecule has 1 aromatic carbocycles. The van der Waals surface area contributed by atoms with E-state index in [0.29, 0.717) is 17.2 Å². The molecule has 3 nitrogen and oxygen atoms in total. The summed E-state index contributed by atoms with van der Waals surface area (Å²) in [5, 5.41) is 0. The van der Waals surface area contributed by atoms with Crippen LogP contribution in [0.4, 0.5) is 0 Å². The zero-order chi connectivity index (χ0) is 9.84. The van der Waals surface area contributed by atoms with Crippen LogP contribution in [0.15, 0.2) is 16.6 Å². The number of rotatable bonds is 3. The van der Waals surface area contributed by atoms with E-state index in [1.54, 1.807) is 21.3 Å². The molecule has 0 atom stereocenters. The van der Waals surface area contributed by atoms with Crippen molar-refractivity contribution >= 4 is 62.0 Å². The Balaban J connectivity index is 0. The molecule has 0 spiro atoms. The number of halogens is 1. The van der Waals surface area contributed by atoms with Crippen molar-refractivity contribution in [3.8, 4) is 17.2 Å². The normalized spacial score (nSPS) is 8.27. The summed E-state index contributed by atoms with van der Waals surface area (Å²) in [5.41, 5.74) is 0. The smallest absolute Gasteiger partial charge is 0.316 e. The molecule has 0 amide bonds. The molecule has 0 saturated carbocycles. The van der Waals surface area contributed by atoms with Gasteiger partial charge in [-0.2, -0.15) is 0 Å². The minimum absolute atomic E-state index is 0. The number of ether oxygens (including phenoxy) is 3. The van der Waals surface area contributed by atoms with Crippen LogP contribution in [0.1, 0.15) is 0 Å². The molecule has 0 aliphatic rings. The van der Waals surface area contributed by atoms with Crippen molar-refractivity contribution in [3.05, 3.63) is 16.6 Å². The Bertz CT molecular complexity index is 282. The lowest BCUT2D eigenvalue weighted by atomic mass is 10.3. The lowest BCUT2D eigenvalue weighted by Gasteiger charge is -2.11. The van der Waals surface area contributed by atoms with Gasteiger partial charge < -0.3 is 14.2 Å². The fraction of sp³-hybridized carbons (Fsp3) is 0.333. The van der Waals surface area contributed by atoms with Gasteiger partial charge in [0.05, 0.1) is 21.3 Å². The van der Waals surface area contributed by atoms with Gasteiger partial charge in [-0.3, -0.25) is 0 Å². The molecular formula is C9H15BrMg2O3. The highest BCUT2D eigenvalue weighted by Crippen LogP contribution is 2.39. The van der Waals surface area contributed by atoms with Crippen molar-refractivity contribution in [2.24, 2.45) is 0 Å². The molecule has 0 unspecified atom stereocenters. The van der Waals surface area contributed by atoms with Crippen LogP contribution in [0.3, 0.4) is 0 Å². The van der Waals surface area contributed by atoms with Gasteiger partial charge in [0.1, 0.15) is 0 Å². The zero-order valence-electron chi connectivity index (χ0n) is 7.76. The number of hydrogen-bond acceptors (Lipinski definition) is 3. The van der Waals surface area contributed by atoms with Crippen LogP contribution in [0.25, 0.3) is 0 Å². The lowest BCUT2D eigenvalue weighted by molar-refractivity contribution is 0.324. The summed E-state index contributed by atoms with van der Waals surface area (Å²) in [6.07, 6.45) is 0. The average Bonchev–Trinajstić information content (AvgIpc) is 2.16. The van der Waals surface area contributed by atoms with E-state index in [0.717, 1.165) is 4.47 Å².